The number of aryl methyl sites for hydroxylation is 1. The van der Waals surface area contributed by atoms with E-state index in [9.17, 15) is 5.11 Å². The highest BCUT2D eigenvalue weighted by atomic mass is 32.2. The van der Waals surface area contributed by atoms with Crippen LogP contribution in [0.2, 0.25) is 0 Å². The number of aliphatic hydroxyl groups is 1. The highest BCUT2D eigenvalue weighted by molar-refractivity contribution is 7.99. The number of hydrogen-bond donors (Lipinski definition) is 3. The van der Waals surface area contributed by atoms with E-state index >= 15 is 0 Å². The molecule has 1 saturated carbocycles. The van der Waals surface area contributed by atoms with Crippen molar-refractivity contribution in [3.8, 4) is 0 Å². The molecule has 0 spiro atoms. The molecule has 8 heteroatoms. The second-order valence-corrected chi connectivity index (χ2v) is 7.88. The lowest BCUT2D eigenvalue weighted by Gasteiger charge is -2.24. The number of aromatic nitrogens is 2. The van der Waals surface area contributed by atoms with Crippen molar-refractivity contribution in [1.29, 1.82) is 0 Å². The Morgan fingerprint density at radius 1 is 1.33 bits per heavy atom. The fourth-order valence-corrected chi connectivity index (χ4v) is 3.94. The van der Waals surface area contributed by atoms with Gasteiger partial charge in [0.2, 0.25) is 0 Å². The molecule has 0 bridgehead atoms. The van der Waals surface area contributed by atoms with Gasteiger partial charge in [0.1, 0.15) is 12.2 Å². The number of nitrogens with zero attached hydrogens (tertiary/aromatic N) is 2. The lowest BCUT2D eigenvalue weighted by molar-refractivity contribution is -0.162. The van der Waals surface area contributed by atoms with Gasteiger partial charge in [-0.25, -0.2) is 9.97 Å². The maximum Gasteiger partial charge on any atom is 0.189 e. The molecule has 0 amide bonds. The van der Waals surface area contributed by atoms with Gasteiger partial charge >= 0.3 is 0 Å². The number of nitrogen functional groups attached to an aromatic ring is 1. The summed E-state index contributed by atoms with van der Waals surface area (Å²) >= 11 is 1.61. The van der Waals surface area contributed by atoms with Gasteiger partial charge in [-0.15, -0.1) is 0 Å². The molecular formula is C16H26N4O3S. The van der Waals surface area contributed by atoms with Crippen molar-refractivity contribution in [3.63, 3.8) is 0 Å². The number of hydrogen-bond acceptors (Lipinski definition) is 8. The Morgan fingerprint density at radius 2 is 2.04 bits per heavy atom. The molecule has 134 valence electrons. The Bertz CT molecular complexity index is 613. The van der Waals surface area contributed by atoms with Crippen LogP contribution in [0.3, 0.4) is 0 Å². The minimum atomic E-state index is -0.689. The third-order valence-corrected chi connectivity index (χ3v) is 5.36. The maximum atomic E-state index is 10.3. The van der Waals surface area contributed by atoms with E-state index in [1.165, 1.54) is 0 Å². The van der Waals surface area contributed by atoms with Crippen LogP contribution in [0.4, 0.5) is 11.5 Å². The summed E-state index contributed by atoms with van der Waals surface area (Å²) < 4.78 is 11.8. The topological polar surface area (TPSA) is 103 Å². The second kappa shape index (κ2) is 6.67. The first kappa shape index (κ1) is 17.7. The van der Waals surface area contributed by atoms with Crippen molar-refractivity contribution in [2.45, 2.75) is 75.8 Å². The average molecular weight is 354 g/mol. The molecule has 4 atom stereocenters. The Labute approximate surface area is 146 Å². The molecule has 4 N–H and O–H groups in total. The van der Waals surface area contributed by atoms with Crippen molar-refractivity contribution < 1.29 is 14.6 Å². The van der Waals surface area contributed by atoms with E-state index in [0.717, 1.165) is 17.9 Å². The minimum Gasteiger partial charge on any atom is -0.394 e. The number of anilines is 2. The zero-order valence-corrected chi connectivity index (χ0v) is 15.4. The molecule has 2 fully saturated rings. The van der Waals surface area contributed by atoms with Gasteiger partial charge in [-0.3, -0.25) is 0 Å². The fraction of sp³-hybridized carbons (Fsp3) is 0.750. The summed E-state index contributed by atoms with van der Waals surface area (Å²) in [6, 6.07) is -0.104. The standard InChI is InChI=1S/C16H26N4O3S/c1-5-6-24-15-18-8(2)11(17)14(20-15)19-9-7-10(21)13-12(9)22-16(3,4)23-13/h9-10,12-13,21H,5-7,17H2,1-4H3,(H,18,19,20)/t9-,10+,12+,13-/m1/s1. The summed E-state index contributed by atoms with van der Waals surface area (Å²) in [7, 11) is 0. The highest BCUT2D eigenvalue weighted by Crippen LogP contribution is 2.40. The van der Waals surface area contributed by atoms with Crippen LogP contribution in [-0.4, -0.2) is 51.0 Å². The monoisotopic (exact) mass is 354 g/mol. The van der Waals surface area contributed by atoms with E-state index in [2.05, 4.69) is 22.2 Å². The molecule has 1 aromatic rings. The van der Waals surface area contributed by atoms with Gasteiger partial charge in [0.25, 0.3) is 0 Å². The van der Waals surface area contributed by atoms with E-state index in [-0.39, 0.29) is 18.2 Å². The van der Waals surface area contributed by atoms with Crippen LogP contribution in [0.5, 0.6) is 0 Å². The molecule has 2 aliphatic rings. The second-order valence-electron chi connectivity index (χ2n) is 6.82. The molecule has 0 radical (unpaired) electrons. The molecule has 1 aliphatic heterocycles. The summed E-state index contributed by atoms with van der Waals surface area (Å²) in [5, 5.41) is 14.3. The minimum absolute atomic E-state index is 0.104. The van der Waals surface area contributed by atoms with Gasteiger partial charge in [0.05, 0.1) is 23.5 Å². The molecule has 0 aromatic carbocycles. The predicted octanol–water partition coefficient (Wildman–Crippen LogP) is 1.93. The summed E-state index contributed by atoms with van der Waals surface area (Å²) in [5.41, 5.74) is 7.44. The first-order valence-electron chi connectivity index (χ1n) is 8.38. The van der Waals surface area contributed by atoms with Crippen LogP contribution >= 0.6 is 11.8 Å². The Hall–Kier alpha value is -1.09. The van der Waals surface area contributed by atoms with Crippen LogP contribution in [0.15, 0.2) is 5.16 Å². The van der Waals surface area contributed by atoms with Crippen LogP contribution < -0.4 is 11.1 Å². The van der Waals surface area contributed by atoms with Crippen molar-refractivity contribution in [2.24, 2.45) is 0 Å². The Balaban J connectivity index is 1.79. The molecule has 1 aliphatic carbocycles. The van der Waals surface area contributed by atoms with Crippen LogP contribution in [-0.2, 0) is 9.47 Å². The van der Waals surface area contributed by atoms with E-state index in [1.807, 2.05) is 20.8 Å². The van der Waals surface area contributed by atoms with Crippen molar-refractivity contribution >= 4 is 23.3 Å². The summed E-state index contributed by atoms with van der Waals surface area (Å²) in [6.45, 7) is 7.72. The van der Waals surface area contributed by atoms with E-state index in [1.54, 1.807) is 11.8 Å². The van der Waals surface area contributed by atoms with Crippen molar-refractivity contribution in [1.82, 2.24) is 9.97 Å². The van der Waals surface area contributed by atoms with Gasteiger partial charge in [0.15, 0.2) is 16.8 Å². The maximum absolute atomic E-state index is 10.3. The van der Waals surface area contributed by atoms with Gasteiger partial charge in [0, 0.05) is 5.75 Å². The lowest BCUT2D eigenvalue weighted by atomic mass is 10.2. The number of fused-ring (bicyclic) bond motifs is 1. The normalized spacial score (nSPS) is 31.2. The SMILES string of the molecule is CCCSc1nc(C)c(N)c(N[C@@H]2C[C@H](O)[C@H]3OC(C)(C)O[C@H]32)n1. The van der Waals surface area contributed by atoms with E-state index < -0.39 is 11.9 Å². The molecule has 2 heterocycles. The molecule has 1 saturated heterocycles. The van der Waals surface area contributed by atoms with Crippen LogP contribution in [0, 0.1) is 6.92 Å². The van der Waals surface area contributed by atoms with Crippen molar-refractivity contribution in [2.75, 3.05) is 16.8 Å². The Morgan fingerprint density at radius 3 is 2.75 bits per heavy atom. The average Bonchev–Trinajstić information content (AvgIpc) is 2.97. The third-order valence-electron chi connectivity index (χ3n) is 4.31. The summed E-state index contributed by atoms with van der Waals surface area (Å²) in [4.78, 5) is 8.98. The first-order valence-corrected chi connectivity index (χ1v) is 9.36. The zero-order valence-electron chi connectivity index (χ0n) is 14.6. The van der Waals surface area contributed by atoms with Gasteiger partial charge in [-0.2, -0.15) is 0 Å². The zero-order chi connectivity index (χ0) is 17.5. The van der Waals surface area contributed by atoms with E-state index in [0.29, 0.717) is 23.1 Å². The molecule has 1 aromatic heterocycles. The van der Waals surface area contributed by atoms with E-state index in [4.69, 9.17) is 15.2 Å². The molecular weight excluding hydrogens is 328 g/mol. The number of aliphatic hydroxyl groups excluding tert-OH is 1. The molecule has 3 rings (SSSR count). The van der Waals surface area contributed by atoms with Gasteiger partial charge in [-0.1, -0.05) is 18.7 Å². The van der Waals surface area contributed by atoms with Crippen molar-refractivity contribution in [3.05, 3.63) is 5.69 Å². The summed E-state index contributed by atoms with van der Waals surface area (Å²) in [5.74, 6) is 0.874. The molecule has 24 heavy (non-hydrogen) atoms. The van der Waals surface area contributed by atoms with Crippen LogP contribution in [0.25, 0.3) is 0 Å². The number of nitrogens with two attached hydrogens (primary N) is 1. The first-order chi connectivity index (χ1) is 11.3. The fourth-order valence-electron chi connectivity index (χ4n) is 3.19. The quantitative estimate of drug-likeness (QED) is 0.544. The lowest BCUT2D eigenvalue weighted by Crippen LogP contribution is -2.35. The number of nitrogens with one attached hydrogen (secondary N) is 1. The third kappa shape index (κ3) is 3.46. The Kier molecular flexibility index (Phi) is 4.92. The summed E-state index contributed by atoms with van der Waals surface area (Å²) in [6.07, 6.45) is 0.476. The molecule has 0 unspecified atom stereocenters. The van der Waals surface area contributed by atoms with Crippen LogP contribution in [0.1, 0.15) is 39.3 Å². The predicted molar refractivity (Wildman–Crippen MR) is 94.1 cm³/mol. The van der Waals surface area contributed by atoms with Gasteiger partial charge in [-0.05, 0) is 33.6 Å². The number of thioether (sulfide) groups is 1. The van der Waals surface area contributed by atoms with Gasteiger partial charge < -0.3 is 25.6 Å². The number of ether oxygens (including phenoxy) is 2. The smallest absolute Gasteiger partial charge is 0.189 e. The number of rotatable bonds is 5. The highest BCUT2D eigenvalue weighted by Gasteiger charge is 2.53. The molecule has 7 nitrogen and oxygen atoms in total. The largest absolute Gasteiger partial charge is 0.394 e.